The van der Waals surface area contributed by atoms with Gasteiger partial charge in [0.15, 0.2) is 5.17 Å². The number of para-hydroxylation sites is 1. The fourth-order valence-corrected chi connectivity index (χ4v) is 4.44. The molecule has 0 spiro atoms. The molecule has 0 aromatic heterocycles. The quantitative estimate of drug-likeness (QED) is 0.842. The zero-order valence-corrected chi connectivity index (χ0v) is 14.0. The Hall–Kier alpha value is -1.58. The highest BCUT2D eigenvalue weighted by Gasteiger charge is 2.25. The molecule has 1 amide bonds. The van der Waals surface area contributed by atoms with Crippen LogP contribution in [0.2, 0.25) is 0 Å². The predicted octanol–water partition coefficient (Wildman–Crippen LogP) is 1.19. The number of amides is 1. The molecule has 7 nitrogen and oxygen atoms in total. The first-order chi connectivity index (χ1) is 11.0. The van der Waals surface area contributed by atoms with Crippen molar-refractivity contribution >= 4 is 38.5 Å². The first kappa shape index (κ1) is 16.3. The Bertz CT molecular complexity index is 727. The SMILES string of the molecule is O=C(CSC1=NS(=O)(=O)c2ccccc2N1)NC[C@@H]1CCCO1. The normalized spacial score (nSPS) is 21.9. The summed E-state index contributed by atoms with van der Waals surface area (Å²) in [5.74, 6) is -0.0813. The highest BCUT2D eigenvalue weighted by molar-refractivity contribution is 8.15. The third-order valence-electron chi connectivity index (χ3n) is 3.50. The lowest BCUT2D eigenvalue weighted by Crippen LogP contribution is -2.33. The Labute approximate surface area is 138 Å². The molecule has 2 aliphatic rings. The fraction of sp³-hybridized carbons (Fsp3) is 0.429. The largest absolute Gasteiger partial charge is 0.376 e. The van der Waals surface area contributed by atoms with Gasteiger partial charge in [-0.1, -0.05) is 23.9 Å². The van der Waals surface area contributed by atoms with Gasteiger partial charge in [-0.2, -0.15) is 8.42 Å². The standard InChI is InChI=1S/C14H17N3O4S2/c18-13(15-8-10-4-3-7-21-10)9-22-14-16-11-5-1-2-6-12(11)23(19,20)17-14/h1-2,5-6,10H,3-4,7-9H2,(H,15,18)(H,16,17)/t10-/m0/s1. The number of benzene rings is 1. The van der Waals surface area contributed by atoms with E-state index in [1.165, 1.54) is 6.07 Å². The van der Waals surface area contributed by atoms with E-state index in [1.807, 2.05) is 0 Å². The monoisotopic (exact) mass is 355 g/mol. The van der Waals surface area contributed by atoms with Gasteiger partial charge in [-0.05, 0) is 25.0 Å². The first-order valence-electron chi connectivity index (χ1n) is 7.27. The van der Waals surface area contributed by atoms with Gasteiger partial charge in [0.1, 0.15) is 4.90 Å². The minimum Gasteiger partial charge on any atom is -0.376 e. The van der Waals surface area contributed by atoms with Crippen LogP contribution in [0.25, 0.3) is 0 Å². The molecule has 1 saturated heterocycles. The van der Waals surface area contributed by atoms with Crippen LogP contribution in [0.4, 0.5) is 5.69 Å². The lowest BCUT2D eigenvalue weighted by molar-refractivity contribution is -0.119. The van der Waals surface area contributed by atoms with Crippen LogP contribution in [-0.4, -0.2) is 44.5 Å². The van der Waals surface area contributed by atoms with Gasteiger partial charge in [0.25, 0.3) is 10.0 Å². The molecule has 0 aliphatic carbocycles. The van der Waals surface area contributed by atoms with Crippen molar-refractivity contribution in [3.8, 4) is 0 Å². The molecule has 1 atom stereocenters. The lowest BCUT2D eigenvalue weighted by atomic mass is 10.2. The van der Waals surface area contributed by atoms with E-state index in [2.05, 4.69) is 15.0 Å². The maximum atomic E-state index is 12.1. The second-order valence-corrected chi connectivity index (χ2v) is 7.76. The van der Waals surface area contributed by atoms with Crippen LogP contribution in [0.3, 0.4) is 0 Å². The third-order valence-corrected chi connectivity index (χ3v) is 5.82. The Morgan fingerprint density at radius 2 is 2.26 bits per heavy atom. The molecular formula is C14H17N3O4S2. The van der Waals surface area contributed by atoms with E-state index < -0.39 is 10.0 Å². The number of ether oxygens (including phenoxy) is 1. The number of amidine groups is 1. The molecule has 0 unspecified atom stereocenters. The molecule has 124 valence electrons. The van der Waals surface area contributed by atoms with Gasteiger partial charge in [-0.25, -0.2) is 0 Å². The summed E-state index contributed by atoms with van der Waals surface area (Å²) in [5, 5.41) is 5.93. The number of rotatable bonds is 4. The number of anilines is 1. The van der Waals surface area contributed by atoms with Crippen molar-refractivity contribution in [3.63, 3.8) is 0 Å². The van der Waals surface area contributed by atoms with Crippen molar-refractivity contribution in [1.29, 1.82) is 0 Å². The molecule has 9 heteroatoms. The molecule has 23 heavy (non-hydrogen) atoms. The van der Waals surface area contributed by atoms with Crippen molar-refractivity contribution in [3.05, 3.63) is 24.3 Å². The highest BCUT2D eigenvalue weighted by atomic mass is 32.2. The number of fused-ring (bicyclic) bond motifs is 1. The summed E-state index contributed by atoms with van der Waals surface area (Å²) in [6.45, 7) is 1.23. The smallest absolute Gasteiger partial charge is 0.286 e. The number of carbonyl (C=O) groups is 1. The van der Waals surface area contributed by atoms with E-state index in [9.17, 15) is 13.2 Å². The van der Waals surface area contributed by atoms with Crippen LogP contribution >= 0.6 is 11.8 Å². The van der Waals surface area contributed by atoms with Gasteiger partial charge in [0.05, 0.1) is 17.5 Å². The molecule has 0 radical (unpaired) electrons. The highest BCUT2D eigenvalue weighted by Crippen LogP contribution is 2.28. The van der Waals surface area contributed by atoms with Crippen molar-refractivity contribution in [1.82, 2.24) is 5.32 Å². The van der Waals surface area contributed by atoms with E-state index in [-0.39, 0.29) is 27.8 Å². The van der Waals surface area contributed by atoms with Gasteiger partial charge in [-0.3, -0.25) is 4.79 Å². The van der Waals surface area contributed by atoms with Gasteiger partial charge in [0, 0.05) is 13.2 Å². The summed E-state index contributed by atoms with van der Waals surface area (Å²) in [6, 6.07) is 6.55. The van der Waals surface area contributed by atoms with Gasteiger partial charge < -0.3 is 15.4 Å². The average Bonchev–Trinajstić information content (AvgIpc) is 3.04. The van der Waals surface area contributed by atoms with Crippen LogP contribution in [0.15, 0.2) is 33.6 Å². The lowest BCUT2D eigenvalue weighted by Gasteiger charge is -2.17. The van der Waals surface area contributed by atoms with Crippen LogP contribution < -0.4 is 10.6 Å². The van der Waals surface area contributed by atoms with Crippen LogP contribution in [0, 0.1) is 0 Å². The summed E-state index contributed by atoms with van der Waals surface area (Å²) in [4.78, 5) is 12.0. The third kappa shape index (κ3) is 4.04. The topological polar surface area (TPSA) is 96.9 Å². The number of sulfonamides is 1. The second-order valence-electron chi connectivity index (χ2n) is 5.22. The Balaban J connectivity index is 1.54. The molecule has 0 saturated carbocycles. The summed E-state index contributed by atoms with van der Waals surface area (Å²) in [7, 11) is -3.71. The molecule has 3 rings (SSSR count). The average molecular weight is 355 g/mol. The summed E-state index contributed by atoms with van der Waals surface area (Å²) < 4.78 is 33.3. The number of hydrogen-bond donors (Lipinski definition) is 2. The first-order valence-corrected chi connectivity index (χ1v) is 9.69. The summed E-state index contributed by atoms with van der Waals surface area (Å²) in [5.41, 5.74) is 0.477. The molecular weight excluding hydrogens is 338 g/mol. The maximum Gasteiger partial charge on any atom is 0.286 e. The van der Waals surface area contributed by atoms with Crippen molar-refractivity contribution in [2.75, 3.05) is 24.2 Å². The van der Waals surface area contributed by atoms with Gasteiger partial charge in [-0.15, -0.1) is 4.40 Å². The van der Waals surface area contributed by atoms with E-state index in [0.29, 0.717) is 12.2 Å². The van der Waals surface area contributed by atoms with E-state index in [4.69, 9.17) is 4.74 Å². The fourth-order valence-electron chi connectivity index (χ4n) is 2.37. The van der Waals surface area contributed by atoms with Crippen LogP contribution in [-0.2, 0) is 19.6 Å². The summed E-state index contributed by atoms with van der Waals surface area (Å²) >= 11 is 1.06. The molecule has 2 N–H and O–H groups in total. The van der Waals surface area contributed by atoms with Gasteiger partial charge in [0.2, 0.25) is 5.91 Å². The Morgan fingerprint density at radius 1 is 1.43 bits per heavy atom. The minimum absolute atomic E-state index is 0.0846. The number of nitrogens with one attached hydrogen (secondary N) is 2. The molecule has 2 aliphatic heterocycles. The zero-order valence-electron chi connectivity index (χ0n) is 12.3. The molecule has 2 heterocycles. The number of carbonyl (C=O) groups excluding carboxylic acids is 1. The van der Waals surface area contributed by atoms with Crippen LogP contribution in [0.1, 0.15) is 12.8 Å². The van der Waals surface area contributed by atoms with Gasteiger partial charge >= 0.3 is 0 Å². The van der Waals surface area contributed by atoms with Crippen LogP contribution in [0.5, 0.6) is 0 Å². The number of nitrogens with zero attached hydrogens (tertiary/aromatic N) is 1. The predicted molar refractivity (Wildman–Crippen MR) is 89.1 cm³/mol. The van der Waals surface area contributed by atoms with Crippen molar-refractivity contribution < 1.29 is 17.9 Å². The van der Waals surface area contributed by atoms with E-state index in [1.54, 1.807) is 18.2 Å². The summed E-state index contributed by atoms with van der Waals surface area (Å²) in [6.07, 6.45) is 2.06. The minimum atomic E-state index is -3.71. The Kier molecular flexibility index (Phi) is 4.88. The molecule has 1 aromatic carbocycles. The number of hydrogen-bond acceptors (Lipinski definition) is 6. The molecule has 1 aromatic rings. The Morgan fingerprint density at radius 3 is 3.04 bits per heavy atom. The van der Waals surface area contributed by atoms with Crippen molar-refractivity contribution in [2.24, 2.45) is 4.40 Å². The zero-order chi connectivity index (χ0) is 16.3. The van der Waals surface area contributed by atoms with Crippen molar-refractivity contribution in [2.45, 2.75) is 23.8 Å². The maximum absolute atomic E-state index is 12.1. The number of thioether (sulfide) groups is 1. The molecule has 0 bridgehead atoms. The second kappa shape index (κ2) is 6.90. The van der Waals surface area contributed by atoms with E-state index in [0.717, 1.165) is 31.2 Å². The van der Waals surface area contributed by atoms with E-state index >= 15 is 0 Å². The molecule has 1 fully saturated rings.